The molecule has 0 spiro atoms. The molecule has 3 fully saturated rings. The van der Waals surface area contributed by atoms with E-state index in [9.17, 15) is 15.3 Å². The van der Waals surface area contributed by atoms with E-state index in [1.807, 2.05) is 31.7 Å². The number of hydrogen-bond donors (Lipinski definition) is 2. The lowest BCUT2D eigenvalue weighted by Gasteiger charge is -2.46. The Morgan fingerprint density at radius 3 is 2.47 bits per heavy atom. The second-order valence-corrected chi connectivity index (χ2v) is 13.4. The van der Waals surface area contributed by atoms with Crippen molar-refractivity contribution in [2.75, 3.05) is 48.3 Å². The zero-order chi connectivity index (χ0) is 31.9. The van der Waals surface area contributed by atoms with Gasteiger partial charge in [0.05, 0.1) is 34.2 Å². The lowest BCUT2D eigenvalue weighted by molar-refractivity contribution is 0.0132. The SMILES string of the molecule is C[C@H]1CN(C2CCN(C(=O)OC(C)(C)C)CC2)CCN1c1cc(C#N)cc(Nc2nc(NC3CC3)n3ncc(C#N)c3n2)c1Cl. The van der Waals surface area contributed by atoms with E-state index < -0.39 is 5.60 Å². The molecule has 1 atom stereocenters. The quantitative estimate of drug-likeness (QED) is 0.388. The van der Waals surface area contributed by atoms with Crippen molar-refractivity contribution >= 4 is 46.6 Å². The van der Waals surface area contributed by atoms with Crippen LogP contribution in [0, 0.1) is 22.7 Å². The first kappa shape index (κ1) is 30.7. The molecule has 2 N–H and O–H groups in total. The summed E-state index contributed by atoms with van der Waals surface area (Å²) in [6.45, 7) is 11.6. The van der Waals surface area contributed by atoms with Crippen LogP contribution in [-0.4, -0.2) is 91.9 Å². The first-order valence-electron chi connectivity index (χ1n) is 15.4. The number of piperazine rings is 1. The van der Waals surface area contributed by atoms with E-state index in [1.54, 1.807) is 6.07 Å². The summed E-state index contributed by atoms with van der Waals surface area (Å²) in [6, 6.07) is 8.74. The molecular formula is C31H38ClN11O2. The lowest BCUT2D eigenvalue weighted by atomic mass is 10.0. The average molecular weight is 632 g/mol. The predicted molar refractivity (Wildman–Crippen MR) is 171 cm³/mol. The minimum atomic E-state index is -0.503. The highest BCUT2D eigenvalue weighted by molar-refractivity contribution is 6.36. The molecule has 45 heavy (non-hydrogen) atoms. The number of fused-ring (bicyclic) bond motifs is 1. The number of nitriles is 2. The largest absolute Gasteiger partial charge is 0.444 e. The Bertz CT molecular complexity index is 1680. The maximum Gasteiger partial charge on any atom is 0.410 e. The smallest absolute Gasteiger partial charge is 0.410 e. The van der Waals surface area contributed by atoms with Crippen LogP contribution in [0.25, 0.3) is 5.65 Å². The first-order valence-corrected chi connectivity index (χ1v) is 15.8. The zero-order valence-electron chi connectivity index (χ0n) is 26.0. The summed E-state index contributed by atoms with van der Waals surface area (Å²) in [5.74, 6) is 0.738. The number of nitrogens with zero attached hydrogens (tertiary/aromatic N) is 9. The van der Waals surface area contributed by atoms with Crippen molar-refractivity contribution < 1.29 is 9.53 Å². The number of carbonyl (C=O) groups is 1. The van der Waals surface area contributed by atoms with Crippen LogP contribution in [0.4, 0.5) is 28.1 Å². The molecule has 2 aliphatic heterocycles. The number of carbonyl (C=O) groups excluding carboxylic acids is 1. The number of benzene rings is 1. The monoisotopic (exact) mass is 631 g/mol. The summed E-state index contributed by atoms with van der Waals surface area (Å²) in [4.78, 5) is 28.3. The third-order valence-corrected chi connectivity index (χ3v) is 8.83. The molecule has 1 aliphatic carbocycles. The van der Waals surface area contributed by atoms with Crippen molar-refractivity contribution in [1.29, 1.82) is 10.5 Å². The van der Waals surface area contributed by atoms with Gasteiger partial charge in [0.15, 0.2) is 5.65 Å². The van der Waals surface area contributed by atoms with Gasteiger partial charge < -0.3 is 25.2 Å². The Kier molecular flexibility index (Phi) is 8.33. The Labute approximate surface area is 267 Å². The van der Waals surface area contributed by atoms with Gasteiger partial charge in [-0.25, -0.2) is 4.79 Å². The number of halogens is 1. The highest BCUT2D eigenvalue weighted by Crippen LogP contribution is 2.38. The van der Waals surface area contributed by atoms with E-state index in [0.29, 0.717) is 58.6 Å². The van der Waals surface area contributed by atoms with E-state index in [0.717, 1.165) is 51.0 Å². The van der Waals surface area contributed by atoms with Crippen LogP contribution in [0.5, 0.6) is 0 Å². The number of rotatable bonds is 6. The van der Waals surface area contributed by atoms with Crippen LogP contribution in [0.2, 0.25) is 5.02 Å². The summed E-state index contributed by atoms with van der Waals surface area (Å²) in [7, 11) is 0. The van der Waals surface area contributed by atoms with Crippen molar-refractivity contribution in [2.45, 2.75) is 77.1 Å². The molecule has 13 nitrogen and oxygen atoms in total. The molecule has 1 aromatic carbocycles. The normalized spacial score (nSPS) is 19.7. The Morgan fingerprint density at radius 1 is 1.07 bits per heavy atom. The van der Waals surface area contributed by atoms with E-state index in [1.165, 1.54) is 10.7 Å². The lowest BCUT2D eigenvalue weighted by Crippen LogP contribution is -2.57. The molecule has 236 valence electrons. The second-order valence-electron chi connectivity index (χ2n) is 13.0. The van der Waals surface area contributed by atoms with Crippen molar-refractivity contribution in [3.63, 3.8) is 0 Å². The fraction of sp³-hybridized carbons (Fsp3) is 0.548. The molecule has 1 saturated carbocycles. The molecule has 3 aliphatic rings. The maximum atomic E-state index is 12.5. The molecule has 0 bridgehead atoms. The molecule has 0 unspecified atom stereocenters. The van der Waals surface area contributed by atoms with Gasteiger partial charge in [-0.15, -0.1) is 0 Å². The molecule has 3 aromatic rings. The topological polar surface area (TPSA) is 151 Å². The first-order chi connectivity index (χ1) is 21.5. The summed E-state index contributed by atoms with van der Waals surface area (Å²) in [5.41, 5.74) is 1.95. The number of amides is 1. The van der Waals surface area contributed by atoms with Crippen molar-refractivity contribution in [3.05, 3.63) is 34.5 Å². The number of aromatic nitrogens is 4. The van der Waals surface area contributed by atoms with Gasteiger partial charge in [0.25, 0.3) is 0 Å². The van der Waals surface area contributed by atoms with Crippen LogP contribution in [0.1, 0.15) is 64.5 Å². The number of anilines is 4. The maximum absolute atomic E-state index is 12.5. The molecule has 2 aromatic heterocycles. The summed E-state index contributed by atoms with van der Waals surface area (Å²) in [5, 5.41) is 30.8. The molecule has 6 rings (SSSR count). The Balaban J connectivity index is 1.17. The van der Waals surface area contributed by atoms with Gasteiger partial charge in [-0.1, -0.05) is 11.6 Å². The zero-order valence-corrected chi connectivity index (χ0v) is 26.8. The Morgan fingerprint density at radius 2 is 1.82 bits per heavy atom. The number of piperidine rings is 1. The summed E-state index contributed by atoms with van der Waals surface area (Å²) < 4.78 is 7.09. The molecule has 0 radical (unpaired) electrons. The number of likely N-dealkylation sites (tertiary alicyclic amines) is 1. The van der Waals surface area contributed by atoms with Crippen LogP contribution in [0.15, 0.2) is 18.3 Å². The molecule has 1 amide bonds. The van der Waals surface area contributed by atoms with E-state index in [2.05, 4.69) is 54.6 Å². The average Bonchev–Trinajstić information content (AvgIpc) is 3.73. The molecule has 14 heteroatoms. The molecule has 2 saturated heterocycles. The van der Waals surface area contributed by atoms with Crippen molar-refractivity contribution in [1.82, 2.24) is 29.4 Å². The predicted octanol–water partition coefficient (Wildman–Crippen LogP) is 4.75. The van der Waals surface area contributed by atoms with Crippen molar-refractivity contribution in [2.24, 2.45) is 0 Å². The number of hydrogen-bond acceptors (Lipinski definition) is 11. The summed E-state index contributed by atoms with van der Waals surface area (Å²) in [6.07, 6.45) is 5.10. The molecule has 4 heterocycles. The van der Waals surface area contributed by atoms with Crippen LogP contribution in [-0.2, 0) is 4.74 Å². The third-order valence-electron chi connectivity index (χ3n) is 8.43. The van der Waals surface area contributed by atoms with Crippen LogP contribution in [0.3, 0.4) is 0 Å². The van der Waals surface area contributed by atoms with Crippen molar-refractivity contribution in [3.8, 4) is 12.1 Å². The standard InChI is InChI=1S/C31H38ClN11O2/c1-19-18-41(23-7-9-40(10-8-23)30(44)45-31(2,3)4)11-12-42(19)25-14-20(15-33)13-24(26(25)32)37-28-38-27-21(16-34)17-35-43(27)29(39-28)36-22-5-6-22/h13-14,17,19,22-23H,5-12,18H2,1-4H3,(H2,36,37,38,39)/t19-/m0/s1. The van der Waals surface area contributed by atoms with Gasteiger partial charge in [0, 0.05) is 50.8 Å². The van der Waals surface area contributed by atoms with Gasteiger partial charge >= 0.3 is 6.09 Å². The summed E-state index contributed by atoms with van der Waals surface area (Å²) >= 11 is 7.04. The van der Waals surface area contributed by atoms with Gasteiger partial charge in [0.1, 0.15) is 17.2 Å². The fourth-order valence-corrected chi connectivity index (χ4v) is 6.29. The van der Waals surface area contributed by atoms with E-state index in [4.69, 9.17) is 16.3 Å². The number of ether oxygens (including phenoxy) is 1. The minimum absolute atomic E-state index is 0.133. The molecular weight excluding hydrogens is 594 g/mol. The fourth-order valence-electron chi connectivity index (χ4n) is 6.03. The Hall–Kier alpha value is -4.33. The highest BCUT2D eigenvalue weighted by Gasteiger charge is 2.34. The minimum Gasteiger partial charge on any atom is -0.444 e. The van der Waals surface area contributed by atoms with E-state index in [-0.39, 0.29) is 18.1 Å². The van der Waals surface area contributed by atoms with E-state index >= 15 is 0 Å². The highest BCUT2D eigenvalue weighted by atomic mass is 35.5. The van der Waals surface area contributed by atoms with Crippen LogP contribution < -0.4 is 15.5 Å². The van der Waals surface area contributed by atoms with Gasteiger partial charge in [-0.3, -0.25) is 4.90 Å². The van der Waals surface area contributed by atoms with Gasteiger partial charge in [0.2, 0.25) is 11.9 Å². The second kappa shape index (κ2) is 12.2. The van der Waals surface area contributed by atoms with Gasteiger partial charge in [-0.05, 0) is 65.5 Å². The van der Waals surface area contributed by atoms with Gasteiger partial charge in [-0.2, -0.15) is 30.1 Å². The third kappa shape index (κ3) is 6.70. The van der Waals surface area contributed by atoms with Crippen LogP contribution >= 0.6 is 11.6 Å². The number of nitrogens with one attached hydrogen (secondary N) is 2.